The first-order chi connectivity index (χ1) is 20.5. The van der Waals surface area contributed by atoms with Gasteiger partial charge in [-0.2, -0.15) is 0 Å². The Kier molecular flexibility index (Phi) is 14.0. The molecule has 0 radical (unpaired) electrons. The van der Waals surface area contributed by atoms with Gasteiger partial charge in [0, 0.05) is 40.5 Å². The monoisotopic (exact) mass is 631 g/mol. The highest BCUT2D eigenvalue weighted by Crippen LogP contribution is 2.36. The van der Waals surface area contributed by atoms with Crippen LogP contribution in [0.3, 0.4) is 0 Å². The van der Waals surface area contributed by atoms with Crippen LogP contribution in [0.2, 0.25) is 0 Å². The summed E-state index contributed by atoms with van der Waals surface area (Å²) in [5.74, 6) is -5.12. The molecule has 4 unspecified atom stereocenters. The van der Waals surface area contributed by atoms with Crippen molar-refractivity contribution in [3.8, 4) is 0 Å². The van der Waals surface area contributed by atoms with Gasteiger partial charge in [-0.25, -0.2) is 0 Å². The minimum atomic E-state index is -1.47. The van der Waals surface area contributed by atoms with Crippen molar-refractivity contribution in [1.82, 2.24) is 5.32 Å². The lowest BCUT2D eigenvalue weighted by molar-refractivity contribution is -0.315. The minimum absolute atomic E-state index is 0.186. The quantitative estimate of drug-likeness (QED) is 0.225. The lowest BCUT2D eigenvalue weighted by atomic mass is 9.79. The van der Waals surface area contributed by atoms with Gasteiger partial charge in [0.15, 0.2) is 24.6 Å². The Morgan fingerprint density at radius 1 is 0.818 bits per heavy atom. The summed E-state index contributed by atoms with van der Waals surface area (Å²) in [6.07, 6.45) is -8.26. The van der Waals surface area contributed by atoms with E-state index in [1.807, 2.05) is 6.92 Å². The number of aliphatic hydroxyl groups excluding tert-OH is 1. The molecule has 0 aromatic rings. The van der Waals surface area contributed by atoms with Gasteiger partial charge >= 0.3 is 29.8 Å². The second-order valence-corrected chi connectivity index (χ2v) is 11.2. The third kappa shape index (κ3) is 10.4. The molecule has 15 nitrogen and oxygen atoms in total. The van der Waals surface area contributed by atoms with Crippen LogP contribution < -0.4 is 5.32 Å². The van der Waals surface area contributed by atoms with Gasteiger partial charge in [-0.15, -0.1) is 0 Å². The number of ether oxygens (including phenoxy) is 7. The van der Waals surface area contributed by atoms with Gasteiger partial charge in [0.2, 0.25) is 0 Å². The molecule has 1 saturated carbocycles. The van der Waals surface area contributed by atoms with Crippen molar-refractivity contribution in [1.29, 1.82) is 0 Å². The molecule has 11 atom stereocenters. The molecule has 1 heterocycles. The zero-order valence-corrected chi connectivity index (χ0v) is 26.4. The fourth-order valence-electron chi connectivity index (χ4n) is 5.50. The first kappa shape index (κ1) is 36.9. The molecule has 0 bridgehead atoms. The second-order valence-electron chi connectivity index (χ2n) is 11.2. The van der Waals surface area contributed by atoms with Crippen molar-refractivity contribution in [2.75, 3.05) is 6.61 Å². The molecular formula is C29H45NO14. The molecule has 2 N–H and O–H groups in total. The topological polar surface area (TPSA) is 199 Å². The molecule has 44 heavy (non-hydrogen) atoms. The summed E-state index contributed by atoms with van der Waals surface area (Å²) in [5.41, 5.74) is 0. The molecule has 15 heteroatoms. The fraction of sp³-hybridized carbons (Fsp3) is 0.793. The molecule has 0 aromatic heterocycles. The standard InChI is InChI=1S/C29H45NO14/c1-9-10-21(39-16(5)32)28(37)30-20-11-13(2)24(23(36)26(20)41-18(7)34)44-29-14(3)25(40-17(6)33)27(42-19(8)35)22(43-29)12-38-15(4)31/h13-14,20-27,29,36H,9-12H2,1-8H3,(H,30,37)/t13?,14?,20-,21+,22?,23+,24-,25-,26?,27-,29-/m1/s1. The average molecular weight is 632 g/mol. The largest absolute Gasteiger partial charge is 0.463 e. The van der Waals surface area contributed by atoms with Crippen LogP contribution in [0.4, 0.5) is 0 Å². The van der Waals surface area contributed by atoms with Crippen molar-refractivity contribution < 1.29 is 67.0 Å². The van der Waals surface area contributed by atoms with E-state index in [1.165, 1.54) is 27.7 Å². The highest BCUT2D eigenvalue weighted by molar-refractivity contribution is 5.83. The SMILES string of the molecule is CCC[C@H](OC(C)=O)C(=O)N[C@@H]1CC(C)[C@@H](O[C@H]2OC(COC(C)=O)[C@@H](OC(C)=O)[C@H](OC(C)=O)C2C)[C@H](O)C1OC(C)=O. The van der Waals surface area contributed by atoms with E-state index in [4.69, 9.17) is 33.2 Å². The maximum absolute atomic E-state index is 13.0. The molecule has 2 rings (SSSR count). The number of aliphatic hydroxyl groups is 1. The molecule has 1 saturated heterocycles. The zero-order chi connectivity index (χ0) is 33.3. The van der Waals surface area contributed by atoms with Crippen LogP contribution >= 0.6 is 0 Å². The number of carbonyl (C=O) groups is 6. The molecule has 0 aromatic carbocycles. The molecular weight excluding hydrogens is 586 g/mol. The van der Waals surface area contributed by atoms with E-state index in [1.54, 1.807) is 13.8 Å². The zero-order valence-electron chi connectivity index (χ0n) is 26.4. The average Bonchev–Trinajstić information content (AvgIpc) is 2.90. The summed E-state index contributed by atoms with van der Waals surface area (Å²) in [6.45, 7) is 10.7. The molecule has 0 spiro atoms. The molecule has 1 aliphatic heterocycles. The smallest absolute Gasteiger partial charge is 0.303 e. The first-order valence-corrected chi connectivity index (χ1v) is 14.7. The first-order valence-electron chi connectivity index (χ1n) is 14.7. The maximum Gasteiger partial charge on any atom is 0.303 e. The number of hydrogen-bond acceptors (Lipinski definition) is 14. The lowest BCUT2D eigenvalue weighted by Gasteiger charge is -2.48. The Balaban J connectivity index is 2.34. The Hall–Kier alpha value is -3.30. The maximum atomic E-state index is 13.0. The highest BCUT2D eigenvalue weighted by atomic mass is 16.7. The number of hydrogen-bond donors (Lipinski definition) is 2. The summed E-state index contributed by atoms with van der Waals surface area (Å²) in [7, 11) is 0. The summed E-state index contributed by atoms with van der Waals surface area (Å²) in [4.78, 5) is 72.0. The van der Waals surface area contributed by atoms with Crippen molar-refractivity contribution in [3.63, 3.8) is 0 Å². The summed E-state index contributed by atoms with van der Waals surface area (Å²) in [5, 5.41) is 14.2. The van der Waals surface area contributed by atoms with Gasteiger partial charge in [0.1, 0.15) is 24.9 Å². The van der Waals surface area contributed by atoms with Crippen LogP contribution in [0.5, 0.6) is 0 Å². The van der Waals surface area contributed by atoms with Gasteiger partial charge < -0.3 is 43.6 Å². The van der Waals surface area contributed by atoms with Crippen molar-refractivity contribution in [2.45, 2.75) is 130 Å². The normalized spacial score (nSPS) is 32.4. The summed E-state index contributed by atoms with van der Waals surface area (Å²) >= 11 is 0. The predicted molar refractivity (Wildman–Crippen MR) is 148 cm³/mol. The third-order valence-electron chi connectivity index (χ3n) is 7.33. The lowest BCUT2D eigenvalue weighted by Crippen LogP contribution is -2.64. The second kappa shape index (κ2) is 16.7. The van der Waals surface area contributed by atoms with Crippen LogP contribution in [0.15, 0.2) is 0 Å². The van der Waals surface area contributed by atoms with Crippen molar-refractivity contribution in [3.05, 3.63) is 0 Å². The Bertz CT molecular complexity index is 1050. The van der Waals surface area contributed by atoms with Crippen LogP contribution in [0, 0.1) is 11.8 Å². The number of nitrogens with one attached hydrogen (secondary N) is 1. The van der Waals surface area contributed by atoms with Crippen LogP contribution in [-0.4, -0.2) is 103 Å². The number of carbonyl (C=O) groups excluding carboxylic acids is 6. The fourth-order valence-corrected chi connectivity index (χ4v) is 5.50. The molecule has 2 fully saturated rings. The molecule has 1 amide bonds. The van der Waals surface area contributed by atoms with Gasteiger partial charge in [0.25, 0.3) is 5.91 Å². The Morgan fingerprint density at radius 3 is 1.91 bits per heavy atom. The van der Waals surface area contributed by atoms with Gasteiger partial charge in [-0.05, 0) is 18.8 Å². The van der Waals surface area contributed by atoms with E-state index in [9.17, 15) is 33.9 Å². The predicted octanol–water partition coefficient (Wildman–Crippen LogP) is 0.708. The van der Waals surface area contributed by atoms with E-state index in [-0.39, 0.29) is 19.4 Å². The Morgan fingerprint density at radius 2 is 1.39 bits per heavy atom. The molecule has 2 aliphatic rings. The summed E-state index contributed by atoms with van der Waals surface area (Å²) in [6, 6.07) is -0.852. The van der Waals surface area contributed by atoms with E-state index in [0.29, 0.717) is 6.42 Å². The van der Waals surface area contributed by atoms with E-state index >= 15 is 0 Å². The summed E-state index contributed by atoms with van der Waals surface area (Å²) < 4.78 is 38.9. The van der Waals surface area contributed by atoms with E-state index in [0.717, 1.165) is 6.92 Å². The van der Waals surface area contributed by atoms with Crippen LogP contribution in [0.1, 0.15) is 74.7 Å². The third-order valence-corrected chi connectivity index (χ3v) is 7.33. The minimum Gasteiger partial charge on any atom is -0.463 e. The molecule has 250 valence electrons. The van der Waals surface area contributed by atoms with Crippen LogP contribution in [0.25, 0.3) is 0 Å². The Labute approximate surface area is 256 Å². The highest BCUT2D eigenvalue weighted by Gasteiger charge is 2.52. The van der Waals surface area contributed by atoms with Gasteiger partial charge in [0.05, 0.1) is 12.1 Å². The van der Waals surface area contributed by atoms with Gasteiger partial charge in [-0.1, -0.05) is 27.2 Å². The van der Waals surface area contributed by atoms with E-state index < -0.39 is 103 Å². The number of amides is 1. The molecule has 1 aliphatic carbocycles. The van der Waals surface area contributed by atoms with Crippen molar-refractivity contribution >= 4 is 35.8 Å². The van der Waals surface area contributed by atoms with Crippen LogP contribution in [-0.2, 0) is 61.9 Å². The van der Waals surface area contributed by atoms with E-state index in [2.05, 4.69) is 5.32 Å². The number of rotatable bonds is 12. The van der Waals surface area contributed by atoms with Crippen molar-refractivity contribution in [2.24, 2.45) is 11.8 Å². The number of esters is 5. The van der Waals surface area contributed by atoms with Gasteiger partial charge in [-0.3, -0.25) is 28.8 Å².